The molecular weight excluding hydrogens is 558 g/mol. The summed E-state index contributed by atoms with van der Waals surface area (Å²) >= 11 is 0. The molecule has 4 aromatic rings. The normalized spacial score (nSPS) is 23.2. The Morgan fingerprint density at radius 1 is 0.762 bits per heavy atom. The van der Waals surface area contributed by atoms with Gasteiger partial charge in [-0.3, -0.25) is 9.82 Å². The molecule has 11 N–H and O–H groups in total. The molecule has 2 fully saturated rings. The van der Waals surface area contributed by atoms with E-state index < -0.39 is 10.0 Å². The van der Waals surface area contributed by atoms with Crippen LogP contribution in [0.25, 0.3) is 10.9 Å². The SMILES string of the molecule is N[C@@H]1C[C@H](N)CN(c2nc(Nc3ccc(S(=O)(=O)Nc4ccc5cn[nH]c5c4)cc3)nc(N3C[C@H](N)C[C@H](N)C3)n2)C1. The van der Waals surface area contributed by atoms with E-state index in [4.69, 9.17) is 27.9 Å². The molecule has 0 amide bonds. The van der Waals surface area contributed by atoms with Crippen molar-refractivity contribution in [2.45, 2.75) is 41.9 Å². The van der Waals surface area contributed by atoms with Gasteiger partial charge in [-0.15, -0.1) is 0 Å². The molecule has 2 aromatic carbocycles. The Hall–Kier alpha value is -4.09. The number of piperidine rings is 2. The number of aromatic amines is 1. The molecular formula is C26H35N13O2S. The van der Waals surface area contributed by atoms with Crippen LogP contribution < -0.4 is 42.8 Å². The first-order valence-electron chi connectivity index (χ1n) is 13.7. The second kappa shape index (κ2) is 11.3. The van der Waals surface area contributed by atoms with E-state index in [0.29, 0.717) is 49.5 Å². The van der Waals surface area contributed by atoms with E-state index in [9.17, 15) is 8.42 Å². The van der Waals surface area contributed by atoms with Crippen molar-refractivity contribution in [3.63, 3.8) is 0 Å². The average Bonchev–Trinajstić information content (AvgIpc) is 3.40. The number of nitrogens with one attached hydrogen (secondary N) is 3. The highest BCUT2D eigenvalue weighted by molar-refractivity contribution is 7.92. The number of anilines is 5. The Morgan fingerprint density at radius 2 is 1.31 bits per heavy atom. The number of hydrogen-bond donors (Lipinski definition) is 7. The van der Waals surface area contributed by atoms with Crippen molar-refractivity contribution in [2.24, 2.45) is 22.9 Å². The third-order valence-corrected chi connectivity index (χ3v) is 8.72. The molecule has 2 aliphatic rings. The van der Waals surface area contributed by atoms with E-state index >= 15 is 0 Å². The maximum atomic E-state index is 13.0. The molecule has 222 valence electrons. The second-order valence-corrected chi connectivity index (χ2v) is 12.7. The highest BCUT2D eigenvalue weighted by Crippen LogP contribution is 2.25. The zero-order valence-corrected chi connectivity index (χ0v) is 23.7. The van der Waals surface area contributed by atoms with Gasteiger partial charge in [-0.05, 0) is 55.3 Å². The largest absolute Gasteiger partial charge is 0.338 e. The summed E-state index contributed by atoms with van der Waals surface area (Å²) in [4.78, 5) is 18.1. The summed E-state index contributed by atoms with van der Waals surface area (Å²) in [6, 6.07) is 11.1. The molecule has 16 heteroatoms. The lowest BCUT2D eigenvalue weighted by atomic mass is 10.0. The number of nitrogens with two attached hydrogens (primary N) is 4. The van der Waals surface area contributed by atoms with Gasteiger partial charge in [0.15, 0.2) is 0 Å². The van der Waals surface area contributed by atoms with Crippen molar-refractivity contribution in [1.29, 1.82) is 0 Å². The summed E-state index contributed by atoms with van der Waals surface area (Å²) in [7, 11) is -3.83. The van der Waals surface area contributed by atoms with Crippen LogP contribution in [0.4, 0.5) is 29.2 Å². The van der Waals surface area contributed by atoms with Crippen molar-refractivity contribution in [2.75, 3.05) is 46.0 Å². The first-order valence-corrected chi connectivity index (χ1v) is 15.2. The monoisotopic (exact) mass is 593 g/mol. The summed E-state index contributed by atoms with van der Waals surface area (Å²) in [6.45, 7) is 2.23. The molecule has 2 aliphatic heterocycles. The fourth-order valence-corrected chi connectivity index (χ4v) is 6.49. The van der Waals surface area contributed by atoms with Crippen LogP contribution in [-0.2, 0) is 10.0 Å². The van der Waals surface area contributed by atoms with Gasteiger partial charge in [0.1, 0.15) is 0 Å². The first kappa shape index (κ1) is 28.0. The molecule has 0 spiro atoms. The number of fused-ring (bicyclic) bond motifs is 1. The Bertz CT molecular complexity index is 1600. The van der Waals surface area contributed by atoms with Gasteiger partial charge in [0.2, 0.25) is 17.8 Å². The smallest absolute Gasteiger partial charge is 0.261 e. The molecule has 2 aromatic heterocycles. The fraction of sp³-hybridized carbons (Fsp3) is 0.385. The molecule has 6 rings (SSSR count). The van der Waals surface area contributed by atoms with E-state index in [-0.39, 0.29) is 35.0 Å². The molecule has 0 unspecified atom stereocenters. The van der Waals surface area contributed by atoms with E-state index in [2.05, 4.69) is 30.2 Å². The van der Waals surface area contributed by atoms with E-state index in [1.54, 1.807) is 36.5 Å². The number of hydrogen-bond acceptors (Lipinski definition) is 13. The van der Waals surface area contributed by atoms with Crippen LogP contribution in [0.15, 0.2) is 53.6 Å². The highest BCUT2D eigenvalue weighted by Gasteiger charge is 2.29. The molecule has 42 heavy (non-hydrogen) atoms. The molecule has 4 atom stereocenters. The van der Waals surface area contributed by atoms with Crippen LogP contribution in [0.2, 0.25) is 0 Å². The minimum atomic E-state index is -3.83. The maximum Gasteiger partial charge on any atom is 0.261 e. The predicted octanol–water partition coefficient (Wildman–Crippen LogP) is 0.0217. The minimum Gasteiger partial charge on any atom is -0.338 e. The molecule has 15 nitrogen and oxygen atoms in total. The summed E-state index contributed by atoms with van der Waals surface area (Å²) in [5.41, 5.74) is 26.7. The second-order valence-electron chi connectivity index (χ2n) is 11.0. The number of rotatable bonds is 7. The fourth-order valence-electron chi connectivity index (χ4n) is 5.44. The van der Waals surface area contributed by atoms with Crippen molar-refractivity contribution in [3.8, 4) is 0 Å². The zero-order chi connectivity index (χ0) is 29.4. The Balaban J connectivity index is 1.24. The third kappa shape index (κ3) is 6.22. The molecule has 4 heterocycles. The topological polar surface area (TPSA) is 236 Å². The summed E-state index contributed by atoms with van der Waals surface area (Å²) in [5.74, 6) is 1.17. The number of aromatic nitrogens is 5. The Kier molecular flexibility index (Phi) is 7.54. The van der Waals surface area contributed by atoms with Gasteiger partial charge >= 0.3 is 0 Å². The van der Waals surface area contributed by atoms with Crippen molar-refractivity contribution >= 4 is 50.1 Å². The number of benzene rings is 2. The predicted molar refractivity (Wildman–Crippen MR) is 162 cm³/mol. The Morgan fingerprint density at radius 3 is 1.88 bits per heavy atom. The third-order valence-electron chi connectivity index (χ3n) is 7.32. The van der Waals surface area contributed by atoms with Crippen LogP contribution in [0.3, 0.4) is 0 Å². The number of nitrogens with zero attached hydrogens (tertiary/aromatic N) is 6. The lowest BCUT2D eigenvalue weighted by Crippen LogP contribution is -2.54. The van der Waals surface area contributed by atoms with Crippen LogP contribution >= 0.6 is 0 Å². The first-order chi connectivity index (χ1) is 20.1. The van der Waals surface area contributed by atoms with Gasteiger partial charge in [0, 0.05) is 61.4 Å². The van der Waals surface area contributed by atoms with Gasteiger partial charge in [0.25, 0.3) is 10.0 Å². The molecule has 2 saturated heterocycles. The van der Waals surface area contributed by atoms with Gasteiger partial charge < -0.3 is 38.1 Å². The lowest BCUT2D eigenvalue weighted by molar-refractivity contribution is 0.441. The van der Waals surface area contributed by atoms with E-state index in [1.807, 2.05) is 9.80 Å². The van der Waals surface area contributed by atoms with Gasteiger partial charge in [0.05, 0.1) is 22.3 Å². The van der Waals surface area contributed by atoms with Gasteiger partial charge in [-0.25, -0.2) is 8.42 Å². The average molecular weight is 594 g/mol. The van der Waals surface area contributed by atoms with Crippen LogP contribution in [-0.4, -0.2) is 83.9 Å². The van der Waals surface area contributed by atoms with Crippen LogP contribution in [0.1, 0.15) is 12.8 Å². The quantitative estimate of drug-likeness (QED) is 0.150. The van der Waals surface area contributed by atoms with Gasteiger partial charge in [-0.1, -0.05) is 0 Å². The van der Waals surface area contributed by atoms with E-state index in [0.717, 1.165) is 23.7 Å². The Labute approximate surface area is 243 Å². The van der Waals surface area contributed by atoms with E-state index in [1.165, 1.54) is 12.1 Å². The minimum absolute atomic E-state index is 0.0994. The zero-order valence-electron chi connectivity index (χ0n) is 22.9. The maximum absolute atomic E-state index is 13.0. The number of sulfonamides is 1. The molecule has 0 aliphatic carbocycles. The van der Waals surface area contributed by atoms with Gasteiger partial charge in [-0.2, -0.15) is 20.1 Å². The summed E-state index contributed by atoms with van der Waals surface area (Å²) in [5, 5.41) is 10.9. The highest BCUT2D eigenvalue weighted by atomic mass is 32.2. The van der Waals surface area contributed by atoms with Crippen molar-refractivity contribution in [3.05, 3.63) is 48.7 Å². The standard InChI is InChI=1S/C26H35N13O2S/c27-16-7-17(28)12-38(11-16)25-33-24(34-26(35-25)39-13-18(29)8-19(30)14-39)32-20-3-5-22(6-4-20)42(40,41)37-21-2-1-15-10-31-36-23(15)9-21/h1-6,9-10,16-19,37H,7-8,11-14,27-30H2,(H,31,36)(H,32,33,34,35)/t16-,17+,18-,19+. The lowest BCUT2D eigenvalue weighted by Gasteiger charge is -2.37. The molecule has 0 bridgehead atoms. The van der Waals surface area contributed by atoms with Crippen molar-refractivity contribution in [1.82, 2.24) is 25.1 Å². The van der Waals surface area contributed by atoms with Crippen molar-refractivity contribution < 1.29 is 8.42 Å². The molecule has 0 radical (unpaired) electrons. The summed E-state index contributed by atoms with van der Waals surface area (Å²) < 4.78 is 28.7. The van der Waals surface area contributed by atoms with Crippen LogP contribution in [0, 0.1) is 0 Å². The van der Waals surface area contributed by atoms with Crippen LogP contribution in [0.5, 0.6) is 0 Å². The molecule has 0 saturated carbocycles. The number of H-pyrrole nitrogens is 1. The summed E-state index contributed by atoms with van der Waals surface area (Å²) in [6.07, 6.45) is 3.11.